The number of aliphatic carboxylic acids is 1. The number of thioether (sulfide) groups is 1. The summed E-state index contributed by atoms with van der Waals surface area (Å²) < 4.78 is 39.7. The van der Waals surface area contributed by atoms with Gasteiger partial charge in [0.2, 0.25) is 0 Å². The Kier molecular flexibility index (Phi) is 5.81. The zero-order valence-electron chi connectivity index (χ0n) is 12.1. The fourth-order valence-electron chi connectivity index (χ4n) is 1.79. The molecule has 0 spiro atoms. The minimum atomic E-state index is -1.07. The van der Waals surface area contributed by atoms with E-state index >= 15 is 0 Å². The highest BCUT2D eigenvalue weighted by atomic mass is 32.2. The number of allylic oxidation sites excluding steroid dienone is 1. The first-order valence-corrected chi connectivity index (χ1v) is 7.67. The molecule has 0 bridgehead atoms. The molecule has 0 heterocycles. The van der Waals surface area contributed by atoms with E-state index in [-0.39, 0.29) is 21.8 Å². The molecule has 0 unspecified atom stereocenters. The smallest absolute Gasteiger partial charge is 0.313 e. The number of carboxylic acid groups (broad SMARTS) is 1. The molecule has 0 saturated carbocycles. The van der Waals surface area contributed by atoms with Crippen LogP contribution in [0.2, 0.25) is 0 Å². The number of carbonyl (C=O) groups excluding carboxylic acids is 1. The van der Waals surface area contributed by atoms with Gasteiger partial charge in [-0.3, -0.25) is 9.59 Å². The quantitative estimate of drug-likeness (QED) is 0.481. The summed E-state index contributed by atoms with van der Waals surface area (Å²) in [6.45, 7) is 0. The first-order valence-electron chi connectivity index (χ1n) is 6.68. The van der Waals surface area contributed by atoms with Gasteiger partial charge in [-0.05, 0) is 42.0 Å². The second-order valence-corrected chi connectivity index (χ2v) is 5.72. The standard InChI is InChI=1S/C17H11F3O3S/c18-12-4-1-10(7-13(12)19)2-5-15(21)11-3-6-16(14(20)8-11)24-9-17(22)23/h1-8H,9H2,(H,22,23)/b5-2+. The zero-order valence-corrected chi connectivity index (χ0v) is 12.9. The van der Waals surface area contributed by atoms with Crippen molar-refractivity contribution < 1.29 is 27.9 Å². The normalized spacial score (nSPS) is 11.0. The summed E-state index contributed by atoms with van der Waals surface area (Å²) >= 11 is 0.808. The van der Waals surface area contributed by atoms with Crippen molar-refractivity contribution in [3.05, 3.63) is 71.1 Å². The van der Waals surface area contributed by atoms with Gasteiger partial charge in [-0.25, -0.2) is 13.2 Å². The number of hydrogen-bond acceptors (Lipinski definition) is 3. The highest BCUT2D eigenvalue weighted by Gasteiger charge is 2.10. The molecule has 1 N–H and O–H groups in total. The summed E-state index contributed by atoms with van der Waals surface area (Å²) in [4.78, 5) is 22.6. The second kappa shape index (κ2) is 7.83. The van der Waals surface area contributed by atoms with Gasteiger partial charge >= 0.3 is 5.97 Å². The Bertz CT molecular complexity index is 819. The van der Waals surface area contributed by atoms with Gasteiger partial charge in [0, 0.05) is 10.5 Å². The molecule has 0 radical (unpaired) electrons. The summed E-state index contributed by atoms with van der Waals surface area (Å²) in [7, 11) is 0. The van der Waals surface area contributed by atoms with Crippen LogP contribution in [0.1, 0.15) is 15.9 Å². The number of benzene rings is 2. The third-order valence-corrected chi connectivity index (χ3v) is 3.97. The van der Waals surface area contributed by atoms with Crippen LogP contribution in [0.4, 0.5) is 13.2 Å². The number of ketones is 1. The van der Waals surface area contributed by atoms with Crippen molar-refractivity contribution in [3.63, 3.8) is 0 Å². The Morgan fingerprint density at radius 1 is 1.00 bits per heavy atom. The average molecular weight is 352 g/mol. The van der Waals surface area contributed by atoms with Crippen LogP contribution in [0.15, 0.2) is 47.4 Å². The van der Waals surface area contributed by atoms with E-state index in [1.165, 1.54) is 24.3 Å². The molecule has 2 aromatic carbocycles. The fraction of sp³-hybridized carbons (Fsp3) is 0.0588. The van der Waals surface area contributed by atoms with Crippen molar-refractivity contribution in [2.45, 2.75) is 4.90 Å². The minimum absolute atomic E-state index is 0.0611. The molecular weight excluding hydrogens is 341 g/mol. The minimum Gasteiger partial charge on any atom is -0.481 e. The van der Waals surface area contributed by atoms with Crippen molar-refractivity contribution in [1.82, 2.24) is 0 Å². The van der Waals surface area contributed by atoms with E-state index in [1.54, 1.807) is 0 Å². The molecule has 24 heavy (non-hydrogen) atoms. The molecule has 0 aliphatic rings. The molecule has 3 nitrogen and oxygen atoms in total. The molecule has 2 aromatic rings. The van der Waals surface area contributed by atoms with Crippen molar-refractivity contribution in [3.8, 4) is 0 Å². The zero-order chi connectivity index (χ0) is 17.7. The van der Waals surface area contributed by atoms with Crippen LogP contribution in [0.3, 0.4) is 0 Å². The van der Waals surface area contributed by atoms with Crippen LogP contribution >= 0.6 is 11.8 Å². The first-order chi connectivity index (χ1) is 11.4. The summed E-state index contributed by atoms with van der Waals surface area (Å²) in [5.74, 6) is -4.61. The summed E-state index contributed by atoms with van der Waals surface area (Å²) in [6.07, 6.45) is 2.40. The van der Waals surface area contributed by atoms with Gasteiger partial charge in [-0.15, -0.1) is 11.8 Å². The lowest BCUT2D eigenvalue weighted by atomic mass is 10.1. The van der Waals surface area contributed by atoms with Crippen LogP contribution < -0.4 is 0 Å². The Hall–Kier alpha value is -2.54. The van der Waals surface area contributed by atoms with Crippen molar-refractivity contribution in [1.29, 1.82) is 0 Å². The lowest BCUT2D eigenvalue weighted by Gasteiger charge is -2.03. The molecule has 0 amide bonds. The number of rotatable bonds is 6. The predicted molar refractivity (Wildman–Crippen MR) is 84.5 cm³/mol. The lowest BCUT2D eigenvalue weighted by molar-refractivity contribution is -0.133. The third kappa shape index (κ3) is 4.73. The van der Waals surface area contributed by atoms with Crippen molar-refractivity contribution in [2.75, 3.05) is 5.75 Å². The Morgan fingerprint density at radius 2 is 1.75 bits per heavy atom. The van der Waals surface area contributed by atoms with Gasteiger partial charge in [-0.2, -0.15) is 0 Å². The SMILES string of the molecule is O=C(O)CSc1ccc(C(=O)/C=C/c2ccc(F)c(F)c2)cc1F. The van der Waals surface area contributed by atoms with E-state index in [4.69, 9.17) is 5.11 Å². The van der Waals surface area contributed by atoms with E-state index in [0.717, 1.165) is 36.0 Å². The third-order valence-electron chi connectivity index (χ3n) is 2.94. The predicted octanol–water partition coefficient (Wildman–Crippen LogP) is 4.18. The van der Waals surface area contributed by atoms with E-state index in [1.807, 2.05) is 0 Å². The molecule has 0 saturated heterocycles. The Labute approximate surface area is 139 Å². The molecule has 0 aromatic heterocycles. The van der Waals surface area contributed by atoms with Gasteiger partial charge in [0.05, 0.1) is 5.75 Å². The molecule has 2 rings (SSSR count). The maximum absolute atomic E-state index is 13.8. The largest absolute Gasteiger partial charge is 0.481 e. The topological polar surface area (TPSA) is 54.4 Å². The molecule has 0 atom stereocenters. The maximum atomic E-state index is 13.8. The van der Waals surface area contributed by atoms with Crippen LogP contribution in [0, 0.1) is 17.5 Å². The van der Waals surface area contributed by atoms with Gasteiger partial charge in [0.1, 0.15) is 5.82 Å². The van der Waals surface area contributed by atoms with Gasteiger partial charge in [0.25, 0.3) is 0 Å². The van der Waals surface area contributed by atoms with Crippen LogP contribution in [0.5, 0.6) is 0 Å². The summed E-state index contributed by atoms with van der Waals surface area (Å²) in [5.41, 5.74) is 0.349. The van der Waals surface area contributed by atoms with Gasteiger partial charge < -0.3 is 5.11 Å². The fourth-order valence-corrected chi connectivity index (χ4v) is 2.43. The molecule has 0 aliphatic carbocycles. The van der Waals surface area contributed by atoms with Crippen LogP contribution in [0.25, 0.3) is 6.08 Å². The van der Waals surface area contributed by atoms with Crippen molar-refractivity contribution in [2.24, 2.45) is 0 Å². The molecule has 0 fully saturated rings. The Balaban J connectivity index is 2.11. The molecule has 124 valence electrons. The van der Waals surface area contributed by atoms with E-state index < -0.39 is 29.2 Å². The van der Waals surface area contributed by atoms with Crippen LogP contribution in [-0.2, 0) is 4.79 Å². The molecule has 7 heteroatoms. The van der Waals surface area contributed by atoms with Crippen molar-refractivity contribution >= 4 is 29.6 Å². The highest BCUT2D eigenvalue weighted by molar-refractivity contribution is 8.00. The first kappa shape index (κ1) is 17.8. The highest BCUT2D eigenvalue weighted by Crippen LogP contribution is 2.23. The van der Waals surface area contributed by atoms with Gasteiger partial charge in [-0.1, -0.05) is 12.1 Å². The van der Waals surface area contributed by atoms with Crippen LogP contribution in [-0.4, -0.2) is 22.6 Å². The maximum Gasteiger partial charge on any atom is 0.313 e. The molecule has 0 aliphatic heterocycles. The van der Waals surface area contributed by atoms with E-state index in [2.05, 4.69) is 0 Å². The van der Waals surface area contributed by atoms with E-state index in [0.29, 0.717) is 0 Å². The lowest BCUT2D eigenvalue weighted by Crippen LogP contribution is -2.00. The summed E-state index contributed by atoms with van der Waals surface area (Å²) in [6, 6.07) is 6.86. The molecular formula is C17H11F3O3S. The van der Waals surface area contributed by atoms with Gasteiger partial charge in [0.15, 0.2) is 17.4 Å². The monoisotopic (exact) mass is 352 g/mol. The Morgan fingerprint density at radius 3 is 2.38 bits per heavy atom. The summed E-state index contributed by atoms with van der Waals surface area (Å²) in [5, 5.41) is 8.57. The number of hydrogen-bond donors (Lipinski definition) is 1. The number of carbonyl (C=O) groups is 2. The second-order valence-electron chi connectivity index (χ2n) is 4.70. The van der Waals surface area contributed by atoms with E-state index in [9.17, 15) is 22.8 Å². The average Bonchev–Trinajstić information content (AvgIpc) is 2.54. The number of carboxylic acids is 1. The number of halogens is 3.